The van der Waals surface area contributed by atoms with Crippen LogP contribution in [0.1, 0.15) is 52.2 Å². The molecule has 5 nitrogen and oxygen atoms in total. The van der Waals surface area contributed by atoms with Crippen molar-refractivity contribution in [3.63, 3.8) is 0 Å². The van der Waals surface area contributed by atoms with E-state index >= 15 is 0 Å². The molecule has 0 aliphatic carbocycles. The summed E-state index contributed by atoms with van der Waals surface area (Å²) in [5, 5.41) is 6.73. The van der Waals surface area contributed by atoms with Crippen molar-refractivity contribution in [2.75, 3.05) is 32.1 Å². The van der Waals surface area contributed by atoms with Gasteiger partial charge in [-0.1, -0.05) is 58.9 Å². The molecule has 7 heteroatoms. The summed E-state index contributed by atoms with van der Waals surface area (Å²) in [7, 11) is -1.19. The molecule has 0 fully saturated rings. The van der Waals surface area contributed by atoms with Crippen LogP contribution in [0, 0.1) is 5.41 Å². The molecule has 2 N–H and O–H groups in total. The van der Waals surface area contributed by atoms with E-state index in [-0.39, 0.29) is 40.6 Å². The first kappa shape index (κ1) is 27.2. The molecule has 1 aromatic carbocycles. The van der Waals surface area contributed by atoms with Crippen LogP contribution in [0.3, 0.4) is 0 Å². The van der Waals surface area contributed by atoms with E-state index in [0.717, 1.165) is 18.9 Å². The molecule has 0 saturated carbocycles. The third kappa shape index (κ3) is 10.1. The molecule has 162 valence electrons. The van der Waals surface area contributed by atoms with Crippen LogP contribution in [0.25, 0.3) is 0 Å². The summed E-state index contributed by atoms with van der Waals surface area (Å²) in [6, 6.07) is 8.78. The van der Waals surface area contributed by atoms with E-state index in [2.05, 4.69) is 74.5 Å². The van der Waals surface area contributed by atoms with Crippen LogP contribution >= 0.6 is 24.0 Å². The molecule has 1 rings (SSSR count). The number of rotatable bonds is 9. The maximum atomic E-state index is 11.4. The lowest BCUT2D eigenvalue weighted by atomic mass is 9.84. The molecule has 0 aromatic heterocycles. The normalized spacial score (nSPS) is 13.0. The van der Waals surface area contributed by atoms with Crippen molar-refractivity contribution < 1.29 is 8.42 Å². The van der Waals surface area contributed by atoms with Gasteiger partial charge in [-0.05, 0) is 29.4 Å². The second kappa shape index (κ2) is 11.4. The Balaban J connectivity index is 0.00000729. The largest absolute Gasteiger partial charge is 0.356 e. The zero-order valence-electron chi connectivity index (χ0n) is 18.4. The van der Waals surface area contributed by atoms with Crippen molar-refractivity contribution in [3.8, 4) is 0 Å². The average Bonchev–Trinajstić information content (AvgIpc) is 2.60. The molecule has 0 atom stereocenters. The topological polar surface area (TPSA) is 70.6 Å². The summed E-state index contributed by atoms with van der Waals surface area (Å²) in [5.41, 5.74) is 2.47. The highest BCUT2D eigenvalue weighted by Crippen LogP contribution is 2.23. The Kier molecular flexibility index (Phi) is 11.0. The van der Waals surface area contributed by atoms with Gasteiger partial charge in [-0.15, -0.1) is 24.0 Å². The highest BCUT2D eigenvalue weighted by Gasteiger charge is 2.23. The number of hydrogen-bond donors (Lipinski definition) is 2. The third-order valence-corrected chi connectivity index (χ3v) is 5.89. The fourth-order valence-corrected chi connectivity index (χ4v) is 3.62. The van der Waals surface area contributed by atoms with Crippen LogP contribution in [0.2, 0.25) is 0 Å². The smallest absolute Gasteiger partial charge is 0.191 e. The van der Waals surface area contributed by atoms with E-state index in [1.54, 1.807) is 7.05 Å². The van der Waals surface area contributed by atoms with Gasteiger partial charge in [-0.3, -0.25) is 4.99 Å². The van der Waals surface area contributed by atoms with E-state index in [4.69, 9.17) is 0 Å². The molecular weight excluding hydrogens is 485 g/mol. The van der Waals surface area contributed by atoms with Crippen molar-refractivity contribution in [3.05, 3.63) is 35.4 Å². The maximum absolute atomic E-state index is 11.4. The summed E-state index contributed by atoms with van der Waals surface area (Å²) in [4.78, 5) is 4.30. The first-order valence-corrected chi connectivity index (χ1v) is 11.7. The number of guanidine groups is 1. The first-order chi connectivity index (χ1) is 12.4. The first-order valence-electron chi connectivity index (χ1n) is 9.60. The summed E-state index contributed by atoms with van der Waals surface area (Å²) < 4.78 is 22.8. The van der Waals surface area contributed by atoms with E-state index in [0.29, 0.717) is 13.0 Å². The molecule has 0 unspecified atom stereocenters. The minimum atomic E-state index is -2.94. The standard InChI is InChI=1S/C21H37N3O2S.HI/c1-8-17-9-11-18(12-10-17)21(4,5)16-24-19(22-6)23-15-20(2,3)13-14-27(7,25)26;/h9-12H,8,13-16H2,1-7H3,(H2,22,23,24);1H. The lowest BCUT2D eigenvalue weighted by molar-refractivity contribution is 0.348. The number of sulfone groups is 1. The zero-order chi connectivity index (χ0) is 20.7. The molecule has 0 radical (unpaired) electrons. The van der Waals surface area contributed by atoms with Gasteiger partial charge in [-0.2, -0.15) is 0 Å². The molecular formula is C21H38IN3O2S. The Labute approximate surface area is 189 Å². The van der Waals surface area contributed by atoms with Crippen molar-refractivity contribution in [1.29, 1.82) is 0 Å². The van der Waals surface area contributed by atoms with Crippen LogP contribution in [0.4, 0.5) is 0 Å². The Morgan fingerprint density at radius 3 is 2.04 bits per heavy atom. The lowest BCUT2D eigenvalue weighted by Crippen LogP contribution is -2.46. The van der Waals surface area contributed by atoms with Crippen LogP contribution in [-0.4, -0.2) is 46.5 Å². The molecule has 0 bridgehead atoms. The Morgan fingerprint density at radius 1 is 1.04 bits per heavy atom. The monoisotopic (exact) mass is 523 g/mol. The SMILES string of the molecule is CCc1ccc(C(C)(C)CNC(=NC)NCC(C)(C)CCS(C)(=O)=O)cc1.I. The quantitative estimate of drug-likeness (QED) is 0.294. The number of aryl methyl sites for hydroxylation is 1. The molecule has 1 aromatic rings. The van der Waals surface area contributed by atoms with Gasteiger partial charge in [0.15, 0.2) is 5.96 Å². The number of nitrogens with zero attached hydrogens (tertiary/aromatic N) is 1. The van der Waals surface area contributed by atoms with Gasteiger partial charge in [0.25, 0.3) is 0 Å². The van der Waals surface area contributed by atoms with Gasteiger partial charge < -0.3 is 10.6 Å². The van der Waals surface area contributed by atoms with E-state index < -0.39 is 9.84 Å². The molecule has 28 heavy (non-hydrogen) atoms. The second-order valence-corrected chi connectivity index (χ2v) is 11.0. The van der Waals surface area contributed by atoms with E-state index in [1.807, 2.05) is 0 Å². The summed E-state index contributed by atoms with van der Waals surface area (Å²) >= 11 is 0. The van der Waals surface area contributed by atoms with Crippen molar-refractivity contribution >= 4 is 39.8 Å². The Hall–Kier alpha value is -0.830. The van der Waals surface area contributed by atoms with Crippen LogP contribution in [-0.2, 0) is 21.7 Å². The van der Waals surface area contributed by atoms with Crippen molar-refractivity contribution in [1.82, 2.24) is 10.6 Å². The predicted molar refractivity (Wildman–Crippen MR) is 132 cm³/mol. The van der Waals surface area contributed by atoms with Gasteiger partial charge in [0, 0.05) is 31.8 Å². The molecule has 0 spiro atoms. The summed E-state index contributed by atoms with van der Waals surface area (Å²) in [6.45, 7) is 12.1. The average molecular weight is 524 g/mol. The highest BCUT2D eigenvalue weighted by atomic mass is 127. The van der Waals surface area contributed by atoms with Gasteiger partial charge >= 0.3 is 0 Å². The minimum absolute atomic E-state index is 0. The Morgan fingerprint density at radius 2 is 1.57 bits per heavy atom. The Bertz CT molecular complexity index is 727. The molecule has 0 aliphatic heterocycles. The van der Waals surface area contributed by atoms with Crippen LogP contribution < -0.4 is 10.6 Å². The number of nitrogens with one attached hydrogen (secondary N) is 2. The van der Waals surface area contributed by atoms with Gasteiger partial charge in [0.2, 0.25) is 0 Å². The molecule has 0 amide bonds. The van der Waals surface area contributed by atoms with Crippen LogP contribution in [0.15, 0.2) is 29.3 Å². The van der Waals surface area contributed by atoms with E-state index in [1.165, 1.54) is 17.4 Å². The summed E-state index contributed by atoms with van der Waals surface area (Å²) in [6.07, 6.45) is 2.95. The van der Waals surface area contributed by atoms with Crippen molar-refractivity contribution in [2.24, 2.45) is 10.4 Å². The van der Waals surface area contributed by atoms with Gasteiger partial charge in [0.05, 0.1) is 5.75 Å². The number of benzene rings is 1. The highest BCUT2D eigenvalue weighted by molar-refractivity contribution is 14.0. The molecule has 0 saturated heterocycles. The summed E-state index contributed by atoms with van der Waals surface area (Å²) in [5.74, 6) is 0.940. The van der Waals surface area contributed by atoms with Crippen molar-refractivity contribution in [2.45, 2.75) is 52.9 Å². The minimum Gasteiger partial charge on any atom is -0.356 e. The van der Waals surface area contributed by atoms with Gasteiger partial charge in [-0.25, -0.2) is 8.42 Å². The zero-order valence-corrected chi connectivity index (χ0v) is 21.6. The molecule has 0 aliphatic rings. The van der Waals surface area contributed by atoms with Gasteiger partial charge in [0.1, 0.15) is 9.84 Å². The molecule has 0 heterocycles. The second-order valence-electron chi connectivity index (χ2n) is 8.76. The predicted octanol–water partition coefficient (Wildman–Crippen LogP) is 3.77. The maximum Gasteiger partial charge on any atom is 0.191 e. The third-order valence-electron chi connectivity index (χ3n) is 4.95. The fourth-order valence-electron chi connectivity index (χ4n) is 2.69. The van der Waals surface area contributed by atoms with E-state index in [9.17, 15) is 8.42 Å². The number of halogens is 1. The number of aliphatic imine (C=N–C) groups is 1. The number of hydrogen-bond acceptors (Lipinski definition) is 3. The lowest BCUT2D eigenvalue weighted by Gasteiger charge is -2.29. The van der Waals surface area contributed by atoms with Crippen LogP contribution in [0.5, 0.6) is 0 Å². The fraction of sp³-hybridized carbons (Fsp3) is 0.667.